The second-order valence-corrected chi connectivity index (χ2v) is 5.32. The van der Waals surface area contributed by atoms with Crippen LogP contribution in [-0.4, -0.2) is 8.96 Å². The molecule has 0 bridgehead atoms. The summed E-state index contributed by atoms with van der Waals surface area (Å²) in [6.45, 7) is 3.23. The number of nitrogens with one attached hydrogen (secondary N) is 1. The second-order valence-electron chi connectivity index (χ2n) is 3.07. The Bertz CT molecular complexity index is 364. The van der Waals surface area contributed by atoms with Crippen molar-refractivity contribution in [2.75, 3.05) is 4.98 Å². The molecule has 7 heteroatoms. The largest absolute Gasteiger partial charge is 0.406 e. The van der Waals surface area contributed by atoms with Crippen LogP contribution in [0.3, 0.4) is 0 Å². The first-order chi connectivity index (χ1) is 6.86. The van der Waals surface area contributed by atoms with E-state index in [-0.39, 0.29) is 0 Å². The molecule has 83 valence electrons. The summed E-state index contributed by atoms with van der Waals surface area (Å²) in [6, 6.07) is 0. The van der Waals surface area contributed by atoms with E-state index < -0.39 is 43.7 Å². The lowest BCUT2D eigenvalue weighted by Gasteiger charge is -2.11. The van der Waals surface area contributed by atoms with Gasteiger partial charge in [-0.3, -0.25) is 0 Å². The average Bonchev–Trinajstić information content (AvgIpc) is 2.18. The number of hydrogen-bond acceptors (Lipinski definition) is 1. The zero-order valence-electron chi connectivity index (χ0n) is 7.89. The number of anilines is 1. The maximum Gasteiger partial charge on any atom is 0.200 e. The van der Waals surface area contributed by atoms with E-state index >= 15 is 0 Å². The molecule has 0 saturated carbocycles. The van der Waals surface area contributed by atoms with Gasteiger partial charge in [0.15, 0.2) is 32.2 Å². The fraction of sp³-hybridized carbons (Fsp3) is 0.250. The van der Waals surface area contributed by atoms with Gasteiger partial charge in [-0.2, -0.15) is 0 Å². The minimum Gasteiger partial charge on any atom is -0.406 e. The normalized spacial score (nSPS) is 10.9. The van der Waals surface area contributed by atoms with Crippen LogP contribution in [0, 0.1) is 29.1 Å². The smallest absolute Gasteiger partial charge is 0.200 e. The molecule has 1 nitrogen and oxygen atoms in total. The Morgan fingerprint density at radius 3 is 1.40 bits per heavy atom. The van der Waals surface area contributed by atoms with Gasteiger partial charge in [-0.05, 0) is 0 Å². The van der Waals surface area contributed by atoms with Crippen molar-refractivity contribution in [3.63, 3.8) is 0 Å². The molecule has 0 aliphatic carbocycles. The van der Waals surface area contributed by atoms with Crippen LogP contribution in [0.2, 0.25) is 13.1 Å². The minimum absolute atomic E-state index is 0.953. The molecule has 1 aromatic carbocycles. The lowest BCUT2D eigenvalue weighted by atomic mass is 10.2. The molecule has 0 amide bonds. The van der Waals surface area contributed by atoms with E-state index in [4.69, 9.17) is 0 Å². The highest BCUT2D eigenvalue weighted by Gasteiger charge is 2.25. The van der Waals surface area contributed by atoms with Crippen molar-refractivity contribution in [1.82, 2.24) is 0 Å². The van der Waals surface area contributed by atoms with Crippen molar-refractivity contribution in [1.29, 1.82) is 0 Å². The van der Waals surface area contributed by atoms with E-state index in [1.807, 2.05) is 0 Å². The average molecular weight is 240 g/mol. The standard InChI is InChI=1S/C8H7F5NSi/c1-15(2)14-8-6(12)4(10)3(9)5(11)7(8)13/h14H,1-2H3. The van der Waals surface area contributed by atoms with Crippen molar-refractivity contribution in [3.05, 3.63) is 29.1 Å². The topological polar surface area (TPSA) is 12.0 Å². The third-order valence-electron chi connectivity index (χ3n) is 1.58. The Labute approximate surface area is 84.6 Å². The quantitative estimate of drug-likeness (QED) is 0.362. The minimum atomic E-state index is -2.14. The van der Waals surface area contributed by atoms with Gasteiger partial charge in [-0.1, -0.05) is 13.1 Å². The van der Waals surface area contributed by atoms with E-state index in [0.29, 0.717) is 0 Å². The maximum absolute atomic E-state index is 13.0. The van der Waals surface area contributed by atoms with E-state index in [9.17, 15) is 22.0 Å². The van der Waals surface area contributed by atoms with E-state index in [0.717, 1.165) is 0 Å². The van der Waals surface area contributed by atoms with Gasteiger partial charge in [-0.15, -0.1) is 0 Å². The molecule has 0 heterocycles. The van der Waals surface area contributed by atoms with Gasteiger partial charge in [0.2, 0.25) is 5.82 Å². The van der Waals surface area contributed by atoms with Gasteiger partial charge in [0.05, 0.1) is 0 Å². The van der Waals surface area contributed by atoms with Gasteiger partial charge >= 0.3 is 0 Å². The molecule has 15 heavy (non-hydrogen) atoms. The maximum atomic E-state index is 13.0. The Balaban J connectivity index is 3.39. The fourth-order valence-electron chi connectivity index (χ4n) is 0.965. The van der Waals surface area contributed by atoms with Crippen LogP contribution >= 0.6 is 0 Å². The summed E-state index contributed by atoms with van der Waals surface area (Å²) in [5.41, 5.74) is -0.953. The second kappa shape index (κ2) is 4.17. The van der Waals surface area contributed by atoms with Crippen LogP contribution < -0.4 is 4.98 Å². The molecule has 0 aliphatic heterocycles. The third-order valence-corrected chi connectivity index (χ3v) is 2.33. The van der Waals surface area contributed by atoms with Crippen molar-refractivity contribution in [3.8, 4) is 0 Å². The van der Waals surface area contributed by atoms with E-state index in [1.54, 1.807) is 13.1 Å². The molecular formula is C8H7F5NSi. The fourth-order valence-corrected chi connectivity index (χ4v) is 1.68. The van der Waals surface area contributed by atoms with Gasteiger partial charge in [0.1, 0.15) is 5.69 Å². The Kier molecular flexibility index (Phi) is 3.33. The zero-order chi connectivity index (χ0) is 11.7. The molecule has 0 spiro atoms. The van der Waals surface area contributed by atoms with Crippen molar-refractivity contribution >= 4 is 14.6 Å². The number of rotatable bonds is 2. The lowest BCUT2D eigenvalue weighted by Crippen LogP contribution is -2.19. The van der Waals surface area contributed by atoms with Crippen LogP contribution in [0.5, 0.6) is 0 Å². The first-order valence-electron chi connectivity index (χ1n) is 3.94. The van der Waals surface area contributed by atoms with Crippen LogP contribution in [0.1, 0.15) is 0 Å². The van der Waals surface area contributed by atoms with Gasteiger partial charge in [0.25, 0.3) is 0 Å². The van der Waals surface area contributed by atoms with Gasteiger partial charge in [-0.25, -0.2) is 22.0 Å². The van der Waals surface area contributed by atoms with Gasteiger partial charge < -0.3 is 4.98 Å². The monoisotopic (exact) mass is 240 g/mol. The molecule has 1 rings (SSSR count). The molecule has 0 aromatic heterocycles. The van der Waals surface area contributed by atoms with Crippen LogP contribution in [0.15, 0.2) is 0 Å². The predicted molar refractivity (Wildman–Crippen MR) is 47.3 cm³/mol. The van der Waals surface area contributed by atoms with E-state index in [1.165, 1.54) is 0 Å². The molecule has 0 fully saturated rings. The SMILES string of the molecule is C[Si](C)Nc1c(F)c(F)c(F)c(F)c1F. The summed E-state index contributed by atoms with van der Waals surface area (Å²) in [7, 11) is -1.36. The summed E-state index contributed by atoms with van der Waals surface area (Å²) < 4.78 is 63.9. The van der Waals surface area contributed by atoms with Crippen molar-refractivity contribution in [2.45, 2.75) is 13.1 Å². The predicted octanol–water partition coefficient (Wildman–Crippen LogP) is 3.05. The lowest BCUT2D eigenvalue weighted by molar-refractivity contribution is 0.382. The molecule has 1 aromatic rings. The molecule has 0 saturated heterocycles. The summed E-state index contributed by atoms with van der Waals surface area (Å²) >= 11 is 0. The zero-order valence-corrected chi connectivity index (χ0v) is 8.89. The summed E-state index contributed by atoms with van der Waals surface area (Å²) in [4.78, 5) is 2.26. The number of halogens is 5. The summed E-state index contributed by atoms with van der Waals surface area (Å²) in [6.07, 6.45) is 0. The summed E-state index contributed by atoms with van der Waals surface area (Å²) in [5, 5.41) is 0. The van der Waals surface area contributed by atoms with Crippen molar-refractivity contribution in [2.24, 2.45) is 0 Å². The number of benzene rings is 1. The molecule has 0 unspecified atom stereocenters. The van der Waals surface area contributed by atoms with Crippen molar-refractivity contribution < 1.29 is 22.0 Å². The Morgan fingerprint density at radius 1 is 0.733 bits per heavy atom. The first-order valence-corrected chi connectivity index (χ1v) is 6.44. The molecule has 1 radical (unpaired) electrons. The molecule has 1 N–H and O–H groups in total. The Hall–Kier alpha value is -1.11. The van der Waals surface area contributed by atoms with Crippen LogP contribution in [-0.2, 0) is 0 Å². The molecule has 0 aliphatic rings. The van der Waals surface area contributed by atoms with Crippen LogP contribution in [0.25, 0.3) is 0 Å². The highest BCUT2D eigenvalue weighted by atomic mass is 28.3. The molecule has 0 atom stereocenters. The highest BCUT2D eigenvalue weighted by molar-refractivity contribution is 6.59. The molecular weight excluding hydrogens is 233 g/mol. The first kappa shape index (κ1) is 12.0. The summed E-state index contributed by atoms with van der Waals surface area (Å²) in [5.74, 6) is -9.65. The third kappa shape index (κ3) is 2.11. The number of hydrogen-bond donors (Lipinski definition) is 1. The van der Waals surface area contributed by atoms with Crippen LogP contribution in [0.4, 0.5) is 27.6 Å². The Morgan fingerprint density at radius 2 is 1.07 bits per heavy atom. The van der Waals surface area contributed by atoms with Gasteiger partial charge in [0, 0.05) is 0 Å². The highest BCUT2D eigenvalue weighted by Crippen LogP contribution is 2.27. The van der Waals surface area contributed by atoms with E-state index in [2.05, 4.69) is 4.98 Å².